The molecule has 1 fully saturated rings. The van der Waals surface area contributed by atoms with Gasteiger partial charge in [0, 0.05) is 34.6 Å². The quantitative estimate of drug-likeness (QED) is 0.494. The van der Waals surface area contributed by atoms with Crippen LogP contribution in [0.2, 0.25) is 5.02 Å². The van der Waals surface area contributed by atoms with Crippen LogP contribution < -0.4 is 0 Å². The fourth-order valence-corrected chi connectivity index (χ4v) is 3.09. The van der Waals surface area contributed by atoms with Crippen molar-refractivity contribution in [3.05, 3.63) is 39.2 Å². The Hall–Kier alpha value is -1.30. The van der Waals surface area contributed by atoms with Gasteiger partial charge in [0.1, 0.15) is 0 Å². The third-order valence-corrected chi connectivity index (χ3v) is 4.65. The van der Waals surface area contributed by atoms with E-state index >= 15 is 0 Å². The number of aliphatic hydroxyl groups excluding tert-OH is 1. The molecule has 1 aromatic carbocycles. The van der Waals surface area contributed by atoms with Gasteiger partial charge in [-0.05, 0) is 43.5 Å². The predicted molar refractivity (Wildman–Crippen MR) is 86.0 cm³/mol. The molecule has 0 spiro atoms. The summed E-state index contributed by atoms with van der Waals surface area (Å²) in [5.74, 6) is 0.0486. The molecule has 1 aliphatic rings. The average molecular weight is 325 g/mol. The Balaban J connectivity index is 2.06. The number of aliphatic hydroxyl groups is 2. The van der Waals surface area contributed by atoms with Crippen molar-refractivity contribution in [2.24, 2.45) is 11.0 Å². The summed E-state index contributed by atoms with van der Waals surface area (Å²) in [6.45, 7) is 3.79. The summed E-state index contributed by atoms with van der Waals surface area (Å²) < 4.78 is 0. The second-order valence-corrected chi connectivity index (χ2v) is 6.46. The van der Waals surface area contributed by atoms with Crippen LogP contribution in [0.1, 0.15) is 25.3 Å². The van der Waals surface area contributed by atoms with Crippen LogP contribution in [-0.2, 0) is 6.54 Å². The van der Waals surface area contributed by atoms with Crippen molar-refractivity contribution in [2.75, 3.05) is 19.7 Å². The zero-order valence-corrected chi connectivity index (χ0v) is 13.4. The maximum atomic E-state index is 10.2. The standard InChI is InChI=1S/C15H21ClN4O2/c1-15(22,10-21)12-3-2-6-20(9-12)8-11-4-5-13(18-19-17)7-14(11)16/h4-5,7,12,21-22H,2-3,6,8-10H2,1H3/t12-,15+/m0/s1. The Bertz CT molecular complexity index is 573. The van der Waals surface area contributed by atoms with Crippen molar-refractivity contribution in [1.29, 1.82) is 0 Å². The lowest BCUT2D eigenvalue weighted by atomic mass is 9.83. The maximum absolute atomic E-state index is 10.2. The van der Waals surface area contributed by atoms with Crippen molar-refractivity contribution in [2.45, 2.75) is 31.9 Å². The Kier molecular flexibility index (Phi) is 5.67. The first-order chi connectivity index (χ1) is 10.5. The molecule has 0 amide bonds. The van der Waals surface area contributed by atoms with E-state index in [1.807, 2.05) is 6.07 Å². The molecule has 1 aromatic rings. The lowest BCUT2D eigenvalue weighted by Gasteiger charge is -2.39. The molecule has 0 bridgehead atoms. The highest BCUT2D eigenvalue weighted by Crippen LogP contribution is 2.30. The Morgan fingerprint density at radius 1 is 1.55 bits per heavy atom. The highest BCUT2D eigenvalue weighted by atomic mass is 35.5. The van der Waals surface area contributed by atoms with Gasteiger partial charge >= 0.3 is 0 Å². The number of azide groups is 1. The second kappa shape index (κ2) is 7.31. The van der Waals surface area contributed by atoms with Crippen LogP contribution in [0.4, 0.5) is 5.69 Å². The highest BCUT2D eigenvalue weighted by molar-refractivity contribution is 6.31. The molecular formula is C15H21ClN4O2. The van der Waals surface area contributed by atoms with E-state index < -0.39 is 5.60 Å². The number of hydrogen-bond donors (Lipinski definition) is 2. The van der Waals surface area contributed by atoms with E-state index in [2.05, 4.69) is 14.9 Å². The van der Waals surface area contributed by atoms with Gasteiger partial charge in [-0.25, -0.2) is 0 Å². The number of nitrogens with zero attached hydrogens (tertiary/aromatic N) is 4. The summed E-state index contributed by atoms with van der Waals surface area (Å²) in [5, 5.41) is 23.7. The minimum Gasteiger partial charge on any atom is -0.393 e. The van der Waals surface area contributed by atoms with E-state index in [1.54, 1.807) is 19.1 Å². The SMILES string of the molecule is C[C@@](O)(CO)[C@H]1CCCN(Cc2ccc(N=[N+]=[N-])cc2Cl)C1. The van der Waals surface area contributed by atoms with Crippen LogP contribution >= 0.6 is 11.6 Å². The number of rotatable bonds is 5. The third-order valence-electron chi connectivity index (χ3n) is 4.30. The van der Waals surface area contributed by atoms with Gasteiger partial charge in [-0.3, -0.25) is 4.90 Å². The van der Waals surface area contributed by atoms with Crippen molar-refractivity contribution >= 4 is 17.3 Å². The molecule has 2 rings (SSSR count). The van der Waals surface area contributed by atoms with Crippen molar-refractivity contribution in [1.82, 2.24) is 4.90 Å². The van der Waals surface area contributed by atoms with Gasteiger partial charge in [-0.15, -0.1) is 0 Å². The van der Waals surface area contributed by atoms with Crippen LogP contribution in [0, 0.1) is 5.92 Å². The van der Waals surface area contributed by atoms with Gasteiger partial charge in [0.05, 0.1) is 12.2 Å². The maximum Gasteiger partial charge on any atom is 0.0889 e. The zero-order chi connectivity index (χ0) is 16.2. The molecule has 0 saturated carbocycles. The monoisotopic (exact) mass is 324 g/mol. The molecule has 0 unspecified atom stereocenters. The first kappa shape index (κ1) is 17.1. The lowest BCUT2D eigenvalue weighted by molar-refractivity contribution is -0.0697. The molecule has 2 N–H and O–H groups in total. The van der Waals surface area contributed by atoms with Crippen LogP contribution in [0.25, 0.3) is 10.4 Å². The highest BCUT2D eigenvalue weighted by Gasteiger charge is 2.34. The smallest absolute Gasteiger partial charge is 0.0889 e. The number of likely N-dealkylation sites (tertiary alicyclic amines) is 1. The van der Waals surface area contributed by atoms with Crippen LogP contribution in [0.5, 0.6) is 0 Å². The van der Waals surface area contributed by atoms with Crippen molar-refractivity contribution < 1.29 is 10.2 Å². The van der Waals surface area contributed by atoms with E-state index in [4.69, 9.17) is 17.1 Å². The number of hydrogen-bond acceptors (Lipinski definition) is 4. The van der Waals surface area contributed by atoms with Gasteiger partial charge in [-0.1, -0.05) is 28.8 Å². The van der Waals surface area contributed by atoms with Gasteiger partial charge in [-0.2, -0.15) is 0 Å². The largest absolute Gasteiger partial charge is 0.393 e. The molecule has 2 atom stereocenters. The molecule has 22 heavy (non-hydrogen) atoms. The summed E-state index contributed by atoms with van der Waals surface area (Å²) in [6, 6.07) is 5.26. The molecule has 6 nitrogen and oxygen atoms in total. The van der Waals surface area contributed by atoms with E-state index in [1.165, 1.54) is 0 Å². The van der Waals surface area contributed by atoms with Crippen LogP contribution in [0.3, 0.4) is 0 Å². The summed E-state index contributed by atoms with van der Waals surface area (Å²) in [4.78, 5) is 4.97. The average Bonchev–Trinajstić information content (AvgIpc) is 2.51. The second-order valence-electron chi connectivity index (χ2n) is 6.05. The molecule has 0 aromatic heterocycles. The van der Waals surface area contributed by atoms with Gasteiger partial charge < -0.3 is 10.2 Å². The fraction of sp³-hybridized carbons (Fsp3) is 0.600. The third kappa shape index (κ3) is 4.12. The summed E-state index contributed by atoms with van der Waals surface area (Å²) in [5.41, 5.74) is 8.84. The van der Waals surface area contributed by atoms with E-state index in [-0.39, 0.29) is 12.5 Å². The van der Waals surface area contributed by atoms with Gasteiger partial charge in [0.2, 0.25) is 0 Å². The van der Waals surface area contributed by atoms with E-state index in [9.17, 15) is 10.2 Å². The molecule has 120 valence electrons. The Morgan fingerprint density at radius 2 is 2.32 bits per heavy atom. The number of piperidine rings is 1. The minimum atomic E-state index is -1.05. The van der Waals surface area contributed by atoms with Crippen LogP contribution in [-0.4, -0.2) is 40.4 Å². The first-order valence-electron chi connectivity index (χ1n) is 7.35. The molecule has 0 radical (unpaired) electrons. The summed E-state index contributed by atoms with van der Waals surface area (Å²) >= 11 is 6.24. The molecular weight excluding hydrogens is 304 g/mol. The Morgan fingerprint density at radius 3 is 2.95 bits per heavy atom. The lowest BCUT2D eigenvalue weighted by Crippen LogP contribution is -2.47. The molecule has 7 heteroatoms. The van der Waals surface area contributed by atoms with E-state index in [0.717, 1.165) is 31.5 Å². The van der Waals surface area contributed by atoms with Crippen molar-refractivity contribution in [3.8, 4) is 0 Å². The van der Waals surface area contributed by atoms with Crippen molar-refractivity contribution in [3.63, 3.8) is 0 Å². The zero-order valence-electron chi connectivity index (χ0n) is 12.6. The minimum absolute atomic E-state index is 0.0486. The normalized spacial score (nSPS) is 21.9. The summed E-state index contributed by atoms with van der Waals surface area (Å²) in [7, 11) is 0. The summed E-state index contributed by atoms with van der Waals surface area (Å²) in [6.07, 6.45) is 1.89. The molecule has 1 heterocycles. The molecule has 1 aliphatic heterocycles. The number of halogens is 1. The molecule has 0 aliphatic carbocycles. The predicted octanol–water partition coefficient (Wildman–Crippen LogP) is 3.24. The topological polar surface area (TPSA) is 92.5 Å². The first-order valence-corrected chi connectivity index (χ1v) is 7.73. The Labute approximate surface area is 134 Å². The van der Waals surface area contributed by atoms with E-state index in [0.29, 0.717) is 17.3 Å². The number of benzene rings is 1. The molecule has 1 saturated heterocycles. The van der Waals surface area contributed by atoms with Gasteiger partial charge in [0.15, 0.2) is 0 Å². The fourth-order valence-electron chi connectivity index (χ4n) is 2.86. The van der Waals surface area contributed by atoms with Gasteiger partial charge in [0.25, 0.3) is 0 Å². The van der Waals surface area contributed by atoms with Crippen LogP contribution in [0.15, 0.2) is 23.3 Å².